The van der Waals surface area contributed by atoms with E-state index in [4.69, 9.17) is 9.47 Å². The lowest BCUT2D eigenvalue weighted by Gasteiger charge is -2.61. The zero-order chi connectivity index (χ0) is 20.7. The Kier molecular flexibility index (Phi) is 4.93. The fourth-order valence-corrected chi connectivity index (χ4v) is 10.0. The van der Waals surface area contributed by atoms with Crippen molar-refractivity contribution in [3.63, 3.8) is 0 Å². The third kappa shape index (κ3) is 3.33. The molecule has 0 N–H and O–H groups in total. The summed E-state index contributed by atoms with van der Waals surface area (Å²) in [6, 6.07) is 0. The molecular formula is C28H46O2. The number of hydrogen-bond acceptors (Lipinski definition) is 2. The molecule has 0 aromatic carbocycles. The van der Waals surface area contributed by atoms with Gasteiger partial charge in [0.15, 0.2) is 0 Å². The number of rotatable bonds is 7. The van der Waals surface area contributed by atoms with Gasteiger partial charge in [0.1, 0.15) is 0 Å². The predicted molar refractivity (Wildman–Crippen MR) is 121 cm³/mol. The van der Waals surface area contributed by atoms with Gasteiger partial charge in [-0.3, -0.25) is 0 Å². The topological polar surface area (TPSA) is 18.5 Å². The molecule has 0 amide bonds. The van der Waals surface area contributed by atoms with Crippen LogP contribution < -0.4 is 0 Å². The normalized spacial score (nSPS) is 53.3. The van der Waals surface area contributed by atoms with E-state index in [0.29, 0.717) is 11.5 Å². The summed E-state index contributed by atoms with van der Waals surface area (Å²) in [5.74, 6) is 8.30. The molecule has 0 aromatic rings. The van der Waals surface area contributed by atoms with Crippen molar-refractivity contribution in [2.24, 2.45) is 58.7 Å². The summed E-state index contributed by atoms with van der Waals surface area (Å²) in [4.78, 5) is 0. The van der Waals surface area contributed by atoms with Gasteiger partial charge in [0.05, 0.1) is 11.7 Å². The second kappa shape index (κ2) is 7.21. The first-order valence-corrected chi connectivity index (χ1v) is 13.6. The SMILES string of the molecule is CC(C)C1CC2CC(CC(C)C3CC4CC(CC(C)C5C6COCC5C6)(C4)C3)(C1)O2. The maximum absolute atomic E-state index is 6.52. The molecule has 6 bridgehead atoms. The van der Waals surface area contributed by atoms with E-state index in [2.05, 4.69) is 27.7 Å². The maximum atomic E-state index is 6.52. The van der Waals surface area contributed by atoms with E-state index in [1.165, 1.54) is 51.4 Å². The van der Waals surface area contributed by atoms with Gasteiger partial charge < -0.3 is 9.47 Å². The van der Waals surface area contributed by atoms with Gasteiger partial charge in [0.25, 0.3) is 0 Å². The molecular weight excluding hydrogens is 368 g/mol. The van der Waals surface area contributed by atoms with Gasteiger partial charge >= 0.3 is 0 Å². The summed E-state index contributed by atoms with van der Waals surface area (Å²) in [6.07, 6.45) is 15.1. The van der Waals surface area contributed by atoms with Crippen LogP contribution in [0.2, 0.25) is 0 Å². The van der Waals surface area contributed by atoms with Crippen molar-refractivity contribution in [2.75, 3.05) is 13.2 Å². The van der Waals surface area contributed by atoms with Crippen molar-refractivity contribution in [2.45, 2.75) is 104 Å². The van der Waals surface area contributed by atoms with Gasteiger partial charge in [-0.25, -0.2) is 0 Å². The average molecular weight is 415 g/mol. The first-order valence-electron chi connectivity index (χ1n) is 13.6. The molecule has 3 aliphatic heterocycles. The summed E-state index contributed by atoms with van der Waals surface area (Å²) in [7, 11) is 0. The predicted octanol–water partition coefficient (Wildman–Crippen LogP) is 6.72. The summed E-state index contributed by atoms with van der Waals surface area (Å²) in [5.41, 5.74) is 0.975. The smallest absolute Gasteiger partial charge is 0.0716 e. The third-order valence-corrected chi connectivity index (χ3v) is 11.2. The highest BCUT2D eigenvalue weighted by atomic mass is 16.5. The van der Waals surface area contributed by atoms with Crippen molar-refractivity contribution in [1.29, 1.82) is 0 Å². The highest BCUT2D eigenvalue weighted by Crippen LogP contribution is 2.64. The average Bonchev–Trinajstić information content (AvgIpc) is 2.66. The van der Waals surface area contributed by atoms with Gasteiger partial charge in [-0.1, -0.05) is 27.7 Å². The second-order valence-corrected chi connectivity index (χ2v) is 13.8. The van der Waals surface area contributed by atoms with Crippen LogP contribution >= 0.6 is 0 Å². The van der Waals surface area contributed by atoms with Crippen molar-refractivity contribution >= 4 is 0 Å². The van der Waals surface area contributed by atoms with E-state index in [1.54, 1.807) is 12.8 Å². The lowest BCUT2D eigenvalue weighted by atomic mass is 9.46. The molecule has 3 heterocycles. The minimum atomic E-state index is 0.267. The van der Waals surface area contributed by atoms with Crippen LogP contribution in [0, 0.1) is 58.7 Å². The lowest BCUT2D eigenvalue weighted by Crippen LogP contribution is -2.58. The molecule has 2 heteroatoms. The fourth-order valence-electron chi connectivity index (χ4n) is 10.0. The maximum Gasteiger partial charge on any atom is 0.0716 e. The molecule has 5 saturated carbocycles. The molecule has 8 aliphatic rings. The molecule has 170 valence electrons. The molecule has 5 aliphatic carbocycles. The Morgan fingerprint density at radius 1 is 0.767 bits per heavy atom. The Morgan fingerprint density at radius 2 is 1.50 bits per heavy atom. The number of fused-ring (bicyclic) bond motifs is 6. The number of ether oxygens (including phenoxy) is 2. The first-order chi connectivity index (χ1) is 14.3. The highest BCUT2D eigenvalue weighted by molar-refractivity contribution is 5.06. The zero-order valence-corrected chi connectivity index (χ0v) is 20.1. The summed E-state index contributed by atoms with van der Waals surface area (Å²) >= 11 is 0. The second-order valence-electron chi connectivity index (χ2n) is 13.8. The quantitative estimate of drug-likeness (QED) is 0.460. The van der Waals surface area contributed by atoms with Gasteiger partial charge in [0.2, 0.25) is 0 Å². The van der Waals surface area contributed by atoms with Crippen molar-refractivity contribution in [3.05, 3.63) is 0 Å². The molecule has 0 radical (unpaired) electrons. The van der Waals surface area contributed by atoms with E-state index < -0.39 is 0 Å². The molecule has 0 spiro atoms. The van der Waals surface area contributed by atoms with E-state index in [1.807, 2.05) is 0 Å². The minimum absolute atomic E-state index is 0.267. The van der Waals surface area contributed by atoms with Crippen LogP contribution in [0.3, 0.4) is 0 Å². The van der Waals surface area contributed by atoms with E-state index >= 15 is 0 Å². The van der Waals surface area contributed by atoms with E-state index in [9.17, 15) is 0 Å². The van der Waals surface area contributed by atoms with Crippen molar-refractivity contribution < 1.29 is 9.47 Å². The molecule has 3 saturated heterocycles. The Morgan fingerprint density at radius 3 is 2.17 bits per heavy atom. The van der Waals surface area contributed by atoms with E-state index in [0.717, 1.165) is 66.5 Å². The zero-order valence-electron chi connectivity index (χ0n) is 20.1. The van der Waals surface area contributed by atoms with Crippen molar-refractivity contribution in [3.8, 4) is 0 Å². The van der Waals surface area contributed by atoms with Gasteiger partial charge in [-0.2, -0.15) is 0 Å². The molecule has 0 aromatic heterocycles. The van der Waals surface area contributed by atoms with Crippen LogP contribution in [-0.4, -0.2) is 24.9 Å². The van der Waals surface area contributed by atoms with Crippen molar-refractivity contribution in [1.82, 2.24) is 0 Å². The summed E-state index contributed by atoms with van der Waals surface area (Å²) in [6.45, 7) is 12.1. The van der Waals surface area contributed by atoms with Crippen LogP contribution in [0.4, 0.5) is 0 Å². The molecule has 8 atom stereocenters. The van der Waals surface area contributed by atoms with E-state index in [-0.39, 0.29) is 5.60 Å². The van der Waals surface area contributed by atoms with Crippen LogP contribution in [0.25, 0.3) is 0 Å². The number of hydrogen-bond donors (Lipinski definition) is 0. The monoisotopic (exact) mass is 414 g/mol. The standard InChI is InChI=1S/C28H46O2/c1-17(2)21-7-25-14-28(13-21,30-25)9-18(3)22-5-20-10-27(11-20,12-22)8-19(4)26-23-6-24(26)16-29-15-23/h17-26H,5-16H2,1-4H3. The van der Waals surface area contributed by atoms with Crippen LogP contribution in [-0.2, 0) is 9.47 Å². The largest absolute Gasteiger partial charge is 0.381 e. The molecule has 30 heavy (non-hydrogen) atoms. The van der Waals surface area contributed by atoms with Gasteiger partial charge in [0, 0.05) is 19.6 Å². The molecule has 8 rings (SSSR count). The minimum Gasteiger partial charge on any atom is -0.381 e. The van der Waals surface area contributed by atoms with Gasteiger partial charge in [-0.15, -0.1) is 0 Å². The Balaban J connectivity index is 1.06. The Hall–Kier alpha value is -0.0800. The van der Waals surface area contributed by atoms with Crippen LogP contribution in [0.5, 0.6) is 0 Å². The lowest BCUT2D eigenvalue weighted by molar-refractivity contribution is -0.263. The molecule has 8 fully saturated rings. The fraction of sp³-hybridized carbons (Fsp3) is 1.00. The Bertz CT molecular complexity index is 629. The molecule has 8 unspecified atom stereocenters. The van der Waals surface area contributed by atoms with Crippen LogP contribution in [0.15, 0.2) is 0 Å². The third-order valence-electron chi connectivity index (χ3n) is 11.2. The summed E-state index contributed by atoms with van der Waals surface area (Å²) in [5, 5.41) is 0. The van der Waals surface area contributed by atoms with Crippen LogP contribution in [0.1, 0.15) is 91.9 Å². The highest BCUT2D eigenvalue weighted by Gasteiger charge is 2.57. The first kappa shape index (κ1) is 20.5. The molecule has 2 nitrogen and oxygen atoms in total. The Labute approximate surface area is 185 Å². The summed E-state index contributed by atoms with van der Waals surface area (Å²) < 4.78 is 12.3. The van der Waals surface area contributed by atoms with Gasteiger partial charge in [-0.05, 0) is 116 Å².